The van der Waals surface area contributed by atoms with Crippen molar-refractivity contribution in [3.63, 3.8) is 0 Å². The lowest BCUT2D eigenvalue weighted by atomic mass is 9.92. The van der Waals surface area contributed by atoms with Crippen LogP contribution in [0.2, 0.25) is 0 Å². The predicted molar refractivity (Wildman–Crippen MR) is 109 cm³/mol. The van der Waals surface area contributed by atoms with Gasteiger partial charge in [0.2, 0.25) is 5.91 Å². The van der Waals surface area contributed by atoms with Crippen molar-refractivity contribution in [1.82, 2.24) is 19.8 Å². The van der Waals surface area contributed by atoms with Crippen LogP contribution in [-0.4, -0.2) is 59.2 Å². The number of hydrogen-bond acceptors (Lipinski definition) is 5. The molecule has 1 aromatic heterocycles. The molecule has 0 bridgehead atoms. The van der Waals surface area contributed by atoms with Gasteiger partial charge in [-0.2, -0.15) is 0 Å². The molecule has 1 N–H and O–H groups in total. The molecule has 1 aromatic carbocycles. The van der Waals surface area contributed by atoms with E-state index in [2.05, 4.69) is 29.0 Å². The smallest absolute Gasteiger partial charge is 0.261 e. The Labute approximate surface area is 165 Å². The molecular formula is C21H30N4O3. The van der Waals surface area contributed by atoms with Crippen molar-refractivity contribution in [2.75, 3.05) is 32.8 Å². The minimum atomic E-state index is -0.189. The highest BCUT2D eigenvalue weighted by atomic mass is 16.5. The Hall–Kier alpha value is -2.25. The molecule has 0 radical (unpaired) electrons. The van der Waals surface area contributed by atoms with Crippen LogP contribution < -0.4 is 10.9 Å². The van der Waals surface area contributed by atoms with Gasteiger partial charge in [0.15, 0.2) is 0 Å². The molecule has 2 aromatic rings. The number of aromatic nitrogens is 2. The number of carbonyl (C=O) groups excluding carboxylic acids is 1. The third kappa shape index (κ3) is 4.77. The Bertz CT molecular complexity index is 841. The zero-order valence-corrected chi connectivity index (χ0v) is 16.8. The number of nitrogens with zero attached hydrogens (tertiary/aromatic N) is 3. The number of nitrogens with one attached hydrogen (secondary N) is 1. The quantitative estimate of drug-likeness (QED) is 0.747. The summed E-state index contributed by atoms with van der Waals surface area (Å²) in [5.74, 6) is 0.354. The molecule has 1 saturated heterocycles. The van der Waals surface area contributed by atoms with E-state index in [4.69, 9.17) is 4.74 Å². The molecule has 7 nitrogen and oxygen atoms in total. The molecule has 152 valence electrons. The molecule has 1 amide bonds. The van der Waals surface area contributed by atoms with Crippen molar-refractivity contribution in [3.8, 4) is 0 Å². The number of para-hydroxylation sites is 1. The summed E-state index contributed by atoms with van der Waals surface area (Å²) in [5.41, 5.74) is 0.454. The number of amides is 1. The van der Waals surface area contributed by atoms with Gasteiger partial charge in [-0.25, -0.2) is 4.98 Å². The molecule has 1 atom stereocenters. The fraction of sp³-hybridized carbons (Fsp3) is 0.571. The van der Waals surface area contributed by atoms with Gasteiger partial charge in [-0.05, 0) is 18.1 Å². The van der Waals surface area contributed by atoms with Gasteiger partial charge in [0.05, 0.1) is 30.4 Å². The summed E-state index contributed by atoms with van der Waals surface area (Å²) in [7, 11) is 0. The highest BCUT2D eigenvalue weighted by molar-refractivity contribution is 5.78. The van der Waals surface area contributed by atoms with Crippen LogP contribution in [0, 0.1) is 5.92 Å². The molecule has 1 unspecified atom stereocenters. The first-order valence-corrected chi connectivity index (χ1v) is 10.2. The fourth-order valence-corrected chi connectivity index (χ4v) is 3.98. The van der Waals surface area contributed by atoms with Gasteiger partial charge in [-0.3, -0.25) is 19.1 Å². The molecule has 0 spiro atoms. The molecule has 2 heterocycles. The summed E-state index contributed by atoms with van der Waals surface area (Å²) in [5, 5.41) is 3.57. The standard InChI is InChI=1S/C21H30N4O3/c1-3-16(4-2)19(24-9-11-28-12-10-24)13-22-20(26)14-25-15-23-18-8-6-5-7-17(18)21(25)27/h5-8,15-16,19H,3-4,9-14H2,1-2H3,(H,22,26). The minimum absolute atomic E-state index is 0.0184. The predicted octanol–water partition coefficient (Wildman–Crippen LogP) is 1.65. The first-order chi connectivity index (χ1) is 13.6. The van der Waals surface area contributed by atoms with Gasteiger partial charge < -0.3 is 10.1 Å². The lowest BCUT2D eigenvalue weighted by molar-refractivity contribution is -0.122. The lowest BCUT2D eigenvalue weighted by Gasteiger charge is -2.38. The van der Waals surface area contributed by atoms with E-state index < -0.39 is 0 Å². The van der Waals surface area contributed by atoms with Crippen molar-refractivity contribution in [2.45, 2.75) is 39.3 Å². The van der Waals surface area contributed by atoms with E-state index >= 15 is 0 Å². The molecule has 1 aliphatic rings. The summed E-state index contributed by atoms with van der Waals surface area (Å²) < 4.78 is 6.85. The van der Waals surface area contributed by atoms with Crippen molar-refractivity contribution in [2.24, 2.45) is 5.92 Å². The van der Waals surface area contributed by atoms with Crippen LogP contribution in [0.1, 0.15) is 26.7 Å². The maximum Gasteiger partial charge on any atom is 0.261 e. The maximum atomic E-state index is 12.6. The second kappa shape index (κ2) is 9.80. The molecule has 7 heteroatoms. The van der Waals surface area contributed by atoms with Crippen molar-refractivity contribution in [3.05, 3.63) is 40.9 Å². The summed E-state index contributed by atoms with van der Waals surface area (Å²) in [6.45, 7) is 8.23. The lowest BCUT2D eigenvalue weighted by Crippen LogP contribution is -2.52. The van der Waals surface area contributed by atoms with E-state index in [0.29, 0.717) is 23.4 Å². The highest BCUT2D eigenvalue weighted by Crippen LogP contribution is 2.19. The van der Waals surface area contributed by atoms with E-state index in [1.807, 2.05) is 6.07 Å². The van der Waals surface area contributed by atoms with Gasteiger partial charge in [0.1, 0.15) is 6.54 Å². The second-order valence-corrected chi connectivity index (χ2v) is 7.29. The Kier molecular flexibility index (Phi) is 7.17. The fourth-order valence-electron chi connectivity index (χ4n) is 3.98. The number of hydrogen-bond donors (Lipinski definition) is 1. The Morgan fingerprint density at radius 1 is 1.21 bits per heavy atom. The van der Waals surface area contributed by atoms with E-state index in [1.165, 1.54) is 10.9 Å². The maximum absolute atomic E-state index is 12.6. The Balaban J connectivity index is 1.66. The summed E-state index contributed by atoms with van der Waals surface area (Å²) in [6, 6.07) is 7.47. The van der Waals surface area contributed by atoms with Gasteiger partial charge in [-0.15, -0.1) is 0 Å². The number of carbonyl (C=O) groups is 1. The Morgan fingerprint density at radius 2 is 1.93 bits per heavy atom. The van der Waals surface area contributed by atoms with Crippen LogP contribution >= 0.6 is 0 Å². The van der Waals surface area contributed by atoms with Gasteiger partial charge in [0.25, 0.3) is 5.56 Å². The van der Waals surface area contributed by atoms with E-state index in [-0.39, 0.29) is 24.1 Å². The zero-order chi connectivity index (χ0) is 19.9. The number of morpholine rings is 1. The summed E-state index contributed by atoms with van der Waals surface area (Å²) >= 11 is 0. The molecular weight excluding hydrogens is 356 g/mol. The van der Waals surface area contributed by atoms with Gasteiger partial charge >= 0.3 is 0 Å². The summed E-state index contributed by atoms with van der Waals surface area (Å²) in [4.78, 5) is 31.8. The van der Waals surface area contributed by atoms with E-state index in [0.717, 1.165) is 39.1 Å². The molecule has 0 aliphatic carbocycles. The van der Waals surface area contributed by atoms with Crippen molar-refractivity contribution >= 4 is 16.8 Å². The normalized spacial score (nSPS) is 16.4. The van der Waals surface area contributed by atoms with E-state index in [9.17, 15) is 9.59 Å². The first kappa shape index (κ1) is 20.5. The topological polar surface area (TPSA) is 76.5 Å². The molecule has 1 fully saturated rings. The number of rotatable bonds is 8. The second-order valence-electron chi connectivity index (χ2n) is 7.29. The van der Waals surface area contributed by atoms with Crippen LogP contribution in [0.25, 0.3) is 10.9 Å². The minimum Gasteiger partial charge on any atom is -0.379 e. The van der Waals surface area contributed by atoms with Crippen molar-refractivity contribution in [1.29, 1.82) is 0 Å². The largest absolute Gasteiger partial charge is 0.379 e. The monoisotopic (exact) mass is 386 g/mol. The van der Waals surface area contributed by atoms with Crippen LogP contribution in [0.4, 0.5) is 0 Å². The number of ether oxygens (including phenoxy) is 1. The molecule has 1 aliphatic heterocycles. The van der Waals surface area contributed by atoms with Gasteiger partial charge in [0, 0.05) is 25.7 Å². The molecule has 28 heavy (non-hydrogen) atoms. The number of fused-ring (bicyclic) bond motifs is 1. The molecule has 3 rings (SSSR count). The highest BCUT2D eigenvalue weighted by Gasteiger charge is 2.27. The van der Waals surface area contributed by atoms with Crippen LogP contribution in [0.15, 0.2) is 35.4 Å². The first-order valence-electron chi connectivity index (χ1n) is 10.2. The van der Waals surface area contributed by atoms with Crippen molar-refractivity contribution < 1.29 is 9.53 Å². The third-order valence-corrected chi connectivity index (χ3v) is 5.66. The van der Waals surface area contributed by atoms with Crippen LogP contribution in [0.3, 0.4) is 0 Å². The average Bonchev–Trinajstić information content (AvgIpc) is 2.74. The van der Waals surface area contributed by atoms with Crippen LogP contribution in [0.5, 0.6) is 0 Å². The van der Waals surface area contributed by atoms with E-state index in [1.54, 1.807) is 18.2 Å². The molecule has 0 saturated carbocycles. The average molecular weight is 386 g/mol. The number of benzene rings is 1. The van der Waals surface area contributed by atoms with Gasteiger partial charge in [-0.1, -0.05) is 38.8 Å². The third-order valence-electron chi connectivity index (χ3n) is 5.66. The summed E-state index contributed by atoms with van der Waals surface area (Å²) in [6.07, 6.45) is 3.59. The van der Waals surface area contributed by atoms with Crippen LogP contribution in [-0.2, 0) is 16.1 Å². The zero-order valence-electron chi connectivity index (χ0n) is 16.8. The SMILES string of the molecule is CCC(CC)C(CNC(=O)Cn1cnc2ccccc2c1=O)N1CCOCC1. The Morgan fingerprint density at radius 3 is 2.64 bits per heavy atom.